The molecular weight excluding hydrogens is 384 g/mol. The van der Waals surface area contributed by atoms with Gasteiger partial charge in [0.2, 0.25) is 0 Å². The maximum absolute atomic E-state index is 12.8. The van der Waals surface area contributed by atoms with Crippen molar-refractivity contribution in [2.24, 2.45) is 0 Å². The molecule has 4 N–H and O–H groups in total. The first-order chi connectivity index (χ1) is 14.6. The minimum atomic E-state index is -0.493. The Morgan fingerprint density at radius 3 is 2.77 bits per heavy atom. The molecule has 1 saturated carbocycles. The van der Waals surface area contributed by atoms with Crippen LogP contribution >= 0.6 is 0 Å². The number of pyridine rings is 1. The Hall–Kier alpha value is -3.66. The van der Waals surface area contributed by atoms with E-state index in [2.05, 4.69) is 26.0 Å². The molecule has 154 valence electrons. The van der Waals surface area contributed by atoms with Gasteiger partial charge in [0.25, 0.3) is 5.91 Å². The zero-order chi connectivity index (χ0) is 20.8. The summed E-state index contributed by atoms with van der Waals surface area (Å²) >= 11 is 0. The molecule has 30 heavy (non-hydrogen) atoms. The summed E-state index contributed by atoms with van der Waals surface area (Å²) in [5.74, 6) is 0.405. The molecule has 1 fully saturated rings. The lowest BCUT2D eigenvalue weighted by atomic mass is 9.89. The number of aromatic nitrogens is 5. The number of fused-ring (bicyclic) bond motifs is 2. The first-order valence-electron chi connectivity index (χ1n) is 9.80. The Morgan fingerprint density at radius 2 is 2.07 bits per heavy atom. The van der Waals surface area contributed by atoms with Crippen molar-refractivity contribution in [1.82, 2.24) is 29.3 Å². The lowest BCUT2D eigenvalue weighted by Gasteiger charge is -2.32. The number of aliphatic hydroxyl groups is 1. The van der Waals surface area contributed by atoms with E-state index >= 15 is 0 Å². The number of hydrogen-bond acceptors (Lipinski definition) is 7. The second-order valence-corrected chi connectivity index (χ2v) is 7.30. The van der Waals surface area contributed by atoms with E-state index in [1.807, 2.05) is 35.8 Å². The minimum Gasteiger partial charge on any atom is -0.391 e. The predicted molar refractivity (Wildman–Crippen MR) is 113 cm³/mol. The number of nitrogens with zero attached hydrogens (tertiary/aromatic N) is 5. The summed E-state index contributed by atoms with van der Waals surface area (Å²) in [4.78, 5) is 22.0. The van der Waals surface area contributed by atoms with Gasteiger partial charge in [0.15, 0.2) is 11.3 Å². The molecule has 1 aliphatic rings. The van der Waals surface area contributed by atoms with Crippen LogP contribution in [0.15, 0.2) is 36.8 Å². The van der Waals surface area contributed by atoms with Gasteiger partial charge >= 0.3 is 0 Å². The fourth-order valence-electron chi connectivity index (χ4n) is 3.75. The zero-order valence-electron chi connectivity index (χ0n) is 16.6. The number of carbonyl (C=O) groups excluding carboxylic acids is 1. The van der Waals surface area contributed by atoms with E-state index in [9.17, 15) is 9.90 Å². The first kappa shape index (κ1) is 18.4. The molecule has 5 rings (SSSR count). The normalized spacial score (nSPS) is 18.4. The summed E-state index contributed by atoms with van der Waals surface area (Å²) < 4.78 is 3.55. The largest absolute Gasteiger partial charge is 0.391 e. The molecule has 10 heteroatoms. The minimum absolute atomic E-state index is 0.223. The van der Waals surface area contributed by atoms with Gasteiger partial charge in [0.05, 0.1) is 35.4 Å². The van der Waals surface area contributed by atoms with Gasteiger partial charge in [-0.25, -0.2) is 9.97 Å². The van der Waals surface area contributed by atoms with E-state index in [4.69, 9.17) is 4.98 Å². The second-order valence-electron chi connectivity index (χ2n) is 7.30. The Bertz CT molecular complexity index is 1260. The van der Waals surface area contributed by atoms with Crippen molar-refractivity contribution >= 4 is 28.7 Å². The van der Waals surface area contributed by atoms with Crippen LogP contribution in [0, 0.1) is 0 Å². The van der Waals surface area contributed by atoms with Crippen molar-refractivity contribution in [3.05, 3.63) is 42.4 Å². The van der Waals surface area contributed by atoms with Gasteiger partial charge in [-0.1, -0.05) is 0 Å². The maximum Gasteiger partial charge on any atom is 0.257 e. The summed E-state index contributed by atoms with van der Waals surface area (Å²) in [6.45, 7) is 0. The first-order valence-corrected chi connectivity index (χ1v) is 9.80. The van der Waals surface area contributed by atoms with E-state index in [-0.39, 0.29) is 11.9 Å². The van der Waals surface area contributed by atoms with Crippen LogP contribution < -0.4 is 16.0 Å². The van der Waals surface area contributed by atoms with Crippen LogP contribution in [0.25, 0.3) is 22.7 Å². The Balaban J connectivity index is 1.63. The highest BCUT2D eigenvalue weighted by atomic mass is 16.3. The molecule has 4 aromatic heterocycles. The fourth-order valence-corrected chi connectivity index (χ4v) is 3.75. The van der Waals surface area contributed by atoms with Crippen molar-refractivity contribution in [2.45, 2.75) is 25.0 Å². The van der Waals surface area contributed by atoms with Gasteiger partial charge < -0.3 is 21.1 Å². The van der Waals surface area contributed by atoms with Gasteiger partial charge in [-0.2, -0.15) is 9.61 Å². The van der Waals surface area contributed by atoms with Gasteiger partial charge in [0, 0.05) is 32.6 Å². The molecular formula is C20H22N8O2. The Labute approximate surface area is 172 Å². The van der Waals surface area contributed by atoms with Crippen molar-refractivity contribution in [1.29, 1.82) is 0 Å². The van der Waals surface area contributed by atoms with Crippen LogP contribution in [0.2, 0.25) is 0 Å². The standard InChI is InChI=1S/C20H22N8O2/c1-21-13-3-5-15(27-8-7-23-19(13)27)14-9-17(22-2)28-18(25-14)11(10-24-28)20(30)26-12-4-6-16(12)29/h3,5,7-10,12,16,21-22,29H,4,6H2,1-2H3,(H,26,30)/t12-,16-/m0/s1. The number of amides is 1. The van der Waals surface area contributed by atoms with Crippen LogP contribution in [0.3, 0.4) is 0 Å². The molecule has 0 aromatic carbocycles. The summed E-state index contributed by atoms with van der Waals surface area (Å²) in [6, 6.07) is 5.56. The van der Waals surface area contributed by atoms with Crippen molar-refractivity contribution < 1.29 is 9.90 Å². The van der Waals surface area contributed by atoms with Crippen LogP contribution in [-0.4, -0.2) is 61.2 Å². The highest BCUT2D eigenvalue weighted by molar-refractivity contribution is 6.00. The quantitative estimate of drug-likeness (QED) is 0.395. The summed E-state index contributed by atoms with van der Waals surface area (Å²) in [5.41, 5.74) is 4.00. The summed E-state index contributed by atoms with van der Waals surface area (Å²) in [7, 11) is 3.64. The molecule has 2 atom stereocenters. The maximum atomic E-state index is 12.8. The number of anilines is 2. The van der Waals surface area contributed by atoms with E-state index < -0.39 is 6.10 Å². The number of hydrogen-bond donors (Lipinski definition) is 4. The molecule has 0 bridgehead atoms. The number of carbonyl (C=O) groups is 1. The molecule has 1 amide bonds. The van der Waals surface area contributed by atoms with Crippen molar-refractivity contribution in [3.63, 3.8) is 0 Å². The number of imidazole rings is 1. The predicted octanol–water partition coefficient (Wildman–Crippen LogP) is 1.38. The number of nitrogens with one attached hydrogen (secondary N) is 3. The van der Waals surface area contributed by atoms with E-state index in [0.29, 0.717) is 29.1 Å². The number of aliphatic hydroxyl groups excluding tert-OH is 1. The average molecular weight is 406 g/mol. The van der Waals surface area contributed by atoms with Crippen molar-refractivity contribution in [2.75, 3.05) is 24.7 Å². The number of rotatable bonds is 5. The van der Waals surface area contributed by atoms with Gasteiger partial charge in [-0.05, 0) is 25.0 Å². The van der Waals surface area contributed by atoms with E-state index in [1.54, 1.807) is 17.8 Å². The summed E-state index contributed by atoms with van der Waals surface area (Å²) in [5, 5.41) is 23.3. The SMILES string of the molecule is CNc1ccc(-c2cc(NC)n3ncc(C(=O)N[C@H]4CC[C@@H]4O)c3n2)n2ccnc12. The molecule has 0 spiro atoms. The average Bonchev–Trinajstić information content (AvgIpc) is 3.42. The molecule has 4 heterocycles. The van der Waals surface area contributed by atoms with Gasteiger partial charge in [-0.3, -0.25) is 9.20 Å². The molecule has 0 aliphatic heterocycles. The fraction of sp³-hybridized carbons (Fsp3) is 0.300. The third kappa shape index (κ3) is 2.76. The Morgan fingerprint density at radius 1 is 1.20 bits per heavy atom. The molecule has 0 unspecified atom stereocenters. The molecule has 0 radical (unpaired) electrons. The Kier molecular flexibility index (Phi) is 4.28. The zero-order valence-corrected chi connectivity index (χ0v) is 16.6. The van der Waals surface area contributed by atoms with Gasteiger partial charge in [0.1, 0.15) is 11.4 Å². The highest BCUT2D eigenvalue weighted by Gasteiger charge is 2.31. The molecule has 1 aliphatic carbocycles. The van der Waals surface area contributed by atoms with Crippen LogP contribution in [0.5, 0.6) is 0 Å². The van der Waals surface area contributed by atoms with Crippen LogP contribution in [0.1, 0.15) is 23.2 Å². The van der Waals surface area contributed by atoms with Crippen molar-refractivity contribution in [3.8, 4) is 11.4 Å². The summed E-state index contributed by atoms with van der Waals surface area (Å²) in [6.07, 6.45) is 6.09. The van der Waals surface area contributed by atoms with E-state index in [0.717, 1.165) is 23.4 Å². The molecule has 4 aromatic rings. The third-order valence-electron chi connectivity index (χ3n) is 5.61. The third-order valence-corrected chi connectivity index (χ3v) is 5.61. The topological polar surface area (TPSA) is 121 Å². The highest BCUT2D eigenvalue weighted by Crippen LogP contribution is 2.27. The smallest absolute Gasteiger partial charge is 0.257 e. The van der Waals surface area contributed by atoms with E-state index in [1.165, 1.54) is 6.20 Å². The lowest BCUT2D eigenvalue weighted by Crippen LogP contribution is -2.50. The second kappa shape index (κ2) is 6.99. The van der Waals surface area contributed by atoms with Crippen LogP contribution in [0.4, 0.5) is 11.5 Å². The van der Waals surface area contributed by atoms with Crippen LogP contribution in [-0.2, 0) is 0 Å². The molecule has 0 saturated heterocycles. The van der Waals surface area contributed by atoms with Gasteiger partial charge in [-0.15, -0.1) is 0 Å². The molecule has 10 nitrogen and oxygen atoms in total. The monoisotopic (exact) mass is 406 g/mol. The lowest BCUT2D eigenvalue weighted by molar-refractivity contribution is 0.0448.